The van der Waals surface area contributed by atoms with Crippen LogP contribution in [0.25, 0.3) is 0 Å². The lowest BCUT2D eigenvalue weighted by molar-refractivity contribution is 0.410. The van der Waals surface area contributed by atoms with Gasteiger partial charge in [0.15, 0.2) is 0 Å². The molecule has 15 heavy (non-hydrogen) atoms. The predicted octanol–water partition coefficient (Wildman–Crippen LogP) is 3.05. The van der Waals surface area contributed by atoms with Crippen LogP contribution in [-0.2, 0) is 6.42 Å². The first kappa shape index (κ1) is 12.5. The second-order valence-electron chi connectivity index (χ2n) is 4.58. The van der Waals surface area contributed by atoms with Crippen molar-refractivity contribution in [2.45, 2.75) is 32.7 Å². The molecule has 3 heteroatoms. The number of aryl methyl sites for hydroxylation is 1. The van der Waals surface area contributed by atoms with E-state index in [0.717, 1.165) is 22.2 Å². The Morgan fingerprint density at radius 1 is 1.40 bits per heavy atom. The van der Waals surface area contributed by atoms with Gasteiger partial charge in [0.05, 0.1) is 7.11 Å². The van der Waals surface area contributed by atoms with Crippen LogP contribution in [0.15, 0.2) is 16.6 Å². The third-order valence-electron chi connectivity index (χ3n) is 2.21. The van der Waals surface area contributed by atoms with Crippen molar-refractivity contribution >= 4 is 15.9 Å². The van der Waals surface area contributed by atoms with E-state index in [1.54, 1.807) is 7.11 Å². The minimum atomic E-state index is -0.206. The van der Waals surface area contributed by atoms with Crippen LogP contribution in [0, 0.1) is 6.92 Å². The van der Waals surface area contributed by atoms with Gasteiger partial charge in [-0.3, -0.25) is 0 Å². The molecule has 0 aromatic heterocycles. The Hall–Kier alpha value is -0.540. The van der Waals surface area contributed by atoms with E-state index in [1.165, 1.54) is 5.56 Å². The third-order valence-corrected chi connectivity index (χ3v) is 2.95. The maximum absolute atomic E-state index is 6.00. The molecule has 0 radical (unpaired) electrons. The Bertz CT molecular complexity index is 355. The summed E-state index contributed by atoms with van der Waals surface area (Å²) in [6.45, 7) is 6.07. The summed E-state index contributed by atoms with van der Waals surface area (Å²) in [4.78, 5) is 0. The molecule has 84 valence electrons. The summed E-state index contributed by atoms with van der Waals surface area (Å²) in [5.41, 5.74) is 8.11. The molecule has 0 saturated heterocycles. The fourth-order valence-corrected chi connectivity index (χ4v) is 2.14. The van der Waals surface area contributed by atoms with Gasteiger partial charge >= 0.3 is 0 Å². The normalized spacial score (nSPS) is 11.6. The van der Waals surface area contributed by atoms with Gasteiger partial charge in [0.2, 0.25) is 0 Å². The zero-order valence-corrected chi connectivity index (χ0v) is 11.3. The van der Waals surface area contributed by atoms with E-state index in [-0.39, 0.29) is 5.54 Å². The van der Waals surface area contributed by atoms with Crippen molar-refractivity contribution in [1.29, 1.82) is 0 Å². The summed E-state index contributed by atoms with van der Waals surface area (Å²) in [5, 5.41) is 0. The SMILES string of the molecule is COc1cc(CC(C)(C)N)c(Br)cc1C. The Morgan fingerprint density at radius 2 is 2.00 bits per heavy atom. The Labute approximate surface area is 99.9 Å². The highest BCUT2D eigenvalue weighted by Gasteiger charge is 2.15. The van der Waals surface area contributed by atoms with E-state index in [9.17, 15) is 0 Å². The van der Waals surface area contributed by atoms with Crippen LogP contribution >= 0.6 is 15.9 Å². The smallest absolute Gasteiger partial charge is 0.122 e. The third kappa shape index (κ3) is 3.50. The van der Waals surface area contributed by atoms with Crippen molar-refractivity contribution < 1.29 is 4.74 Å². The van der Waals surface area contributed by atoms with Gasteiger partial charge in [-0.05, 0) is 50.5 Å². The molecule has 0 amide bonds. The molecular formula is C12H18BrNO. The number of nitrogens with two attached hydrogens (primary N) is 1. The van der Waals surface area contributed by atoms with Crippen molar-refractivity contribution in [2.24, 2.45) is 5.73 Å². The molecule has 2 N–H and O–H groups in total. The topological polar surface area (TPSA) is 35.2 Å². The van der Waals surface area contributed by atoms with Crippen molar-refractivity contribution in [2.75, 3.05) is 7.11 Å². The molecule has 1 aromatic rings. The van der Waals surface area contributed by atoms with E-state index < -0.39 is 0 Å². The Balaban J connectivity index is 3.08. The van der Waals surface area contributed by atoms with E-state index in [2.05, 4.69) is 22.0 Å². The number of halogens is 1. The van der Waals surface area contributed by atoms with Gasteiger partial charge in [0.25, 0.3) is 0 Å². The van der Waals surface area contributed by atoms with Gasteiger partial charge in [-0.15, -0.1) is 0 Å². The van der Waals surface area contributed by atoms with Crippen LogP contribution in [0.2, 0.25) is 0 Å². The fourth-order valence-electron chi connectivity index (χ4n) is 1.54. The van der Waals surface area contributed by atoms with Crippen LogP contribution in [0.5, 0.6) is 5.75 Å². The lowest BCUT2D eigenvalue weighted by Gasteiger charge is -2.20. The largest absolute Gasteiger partial charge is 0.496 e. The fraction of sp³-hybridized carbons (Fsp3) is 0.500. The summed E-state index contributed by atoms with van der Waals surface area (Å²) in [6, 6.07) is 4.12. The highest BCUT2D eigenvalue weighted by atomic mass is 79.9. The maximum Gasteiger partial charge on any atom is 0.122 e. The average Bonchev–Trinajstić information content (AvgIpc) is 2.07. The van der Waals surface area contributed by atoms with Crippen LogP contribution in [-0.4, -0.2) is 12.6 Å². The van der Waals surface area contributed by atoms with Crippen LogP contribution in [0.4, 0.5) is 0 Å². The van der Waals surface area contributed by atoms with Crippen LogP contribution in [0.1, 0.15) is 25.0 Å². The first-order valence-electron chi connectivity index (χ1n) is 4.95. The van der Waals surface area contributed by atoms with E-state index in [4.69, 9.17) is 10.5 Å². The molecular weight excluding hydrogens is 254 g/mol. The van der Waals surface area contributed by atoms with Crippen molar-refractivity contribution in [3.63, 3.8) is 0 Å². The van der Waals surface area contributed by atoms with Crippen molar-refractivity contribution in [3.05, 3.63) is 27.7 Å². The monoisotopic (exact) mass is 271 g/mol. The molecule has 0 spiro atoms. The van der Waals surface area contributed by atoms with Gasteiger partial charge < -0.3 is 10.5 Å². The van der Waals surface area contributed by atoms with Gasteiger partial charge in [0.1, 0.15) is 5.75 Å². The predicted molar refractivity (Wildman–Crippen MR) is 67.4 cm³/mol. The lowest BCUT2D eigenvalue weighted by Crippen LogP contribution is -2.34. The second-order valence-corrected chi connectivity index (χ2v) is 5.43. The number of ether oxygens (including phenoxy) is 1. The molecule has 0 atom stereocenters. The highest BCUT2D eigenvalue weighted by Crippen LogP contribution is 2.28. The molecule has 0 fully saturated rings. The summed E-state index contributed by atoms with van der Waals surface area (Å²) < 4.78 is 6.39. The van der Waals surface area contributed by atoms with Crippen LogP contribution < -0.4 is 10.5 Å². The first-order valence-corrected chi connectivity index (χ1v) is 5.74. The molecule has 2 nitrogen and oxygen atoms in total. The zero-order chi connectivity index (χ0) is 11.6. The summed E-state index contributed by atoms with van der Waals surface area (Å²) >= 11 is 3.55. The maximum atomic E-state index is 6.00. The Kier molecular flexibility index (Phi) is 3.79. The van der Waals surface area contributed by atoms with E-state index >= 15 is 0 Å². The van der Waals surface area contributed by atoms with Crippen molar-refractivity contribution in [3.8, 4) is 5.75 Å². The molecule has 0 unspecified atom stereocenters. The zero-order valence-electron chi connectivity index (χ0n) is 9.73. The van der Waals surface area contributed by atoms with E-state index in [0.29, 0.717) is 0 Å². The molecule has 0 bridgehead atoms. The molecule has 0 aliphatic carbocycles. The number of methoxy groups -OCH3 is 1. The van der Waals surface area contributed by atoms with Gasteiger partial charge in [-0.25, -0.2) is 0 Å². The van der Waals surface area contributed by atoms with Crippen LogP contribution in [0.3, 0.4) is 0 Å². The lowest BCUT2D eigenvalue weighted by atomic mass is 9.95. The molecule has 0 heterocycles. The number of hydrogen-bond donors (Lipinski definition) is 1. The Morgan fingerprint density at radius 3 is 2.47 bits per heavy atom. The molecule has 0 aliphatic rings. The summed E-state index contributed by atoms with van der Waals surface area (Å²) in [7, 11) is 1.69. The summed E-state index contributed by atoms with van der Waals surface area (Å²) in [5.74, 6) is 0.914. The highest BCUT2D eigenvalue weighted by molar-refractivity contribution is 9.10. The standard InChI is InChI=1S/C12H18BrNO/c1-8-5-10(13)9(6-11(8)15-4)7-12(2,3)14/h5-6H,7,14H2,1-4H3. The number of rotatable bonds is 3. The van der Waals surface area contributed by atoms with Gasteiger partial charge in [0, 0.05) is 10.0 Å². The minimum absolute atomic E-state index is 0.206. The molecule has 1 rings (SSSR count). The minimum Gasteiger partial charge on any atom is -0.496 e. The number of benzene rings is 1. The average molecular weight is 272 g/mol. The molecule has 0 aliphatic heterocycles. The quantitative estimate of drug-likeness (QED) is 0.917. The molecule has 1 aromatic carbocycles. The second kappa shape index (κ2) is 4.54. The number of hydrogen-bond acceptors (Lipinski definition) is 2. The van der Waals surface area contributed by atoms with Gasteiger partial charge in [-0.1, -0.05) is 15.9 Å². The van der Waals surface area contributed by atoms with E-state index in [1.807, 2.05) is 26.8 Å². The van der Waals surface area contributed by atoms with Crippen molar-refractivity contribution in [1.82, 2.24) is 0 Å². The summed E-state index contributed by atoms with van der Waals surface area (Å²) in [6.07, 6.45) is 0.824. The van der Waals surface area contributed by atoms with Gasteiger partial charge in [-0.2, -0.15) is 0 Å². The first-order chi connectivity index (χ1) is 6.83. The molecule has 0 saturated carbocycles.